The van der Waals surface area contributed by atoms with Crippen LogP contribution >= 0.6 is 0 Å². The molecule has 176 valence electrons. The molecule has 0 saturated carbocycles. The van der Waals surface area contributed by atoms with E-state index in [0.29, 0.717) is 0 Å². The van der Waals surface area contributed by atoms with Crippen LogP contribution in [0.25, 0.3) is 11.1 Å². The molecule has 1 aliphatic rings. The molecular weight excluding hydrogens is 440 g/mol. The van der Waals surface area contributed by atoms with Crippen LogP contribution in [-0.2, 0) is 21.3 Å². The Labute approximate surface area is 195 Å². The smallest absolute Gasteiger partial charge is 0.407 e. The number of benzene rings is 2. The number of amides is 2. The monoisotopic (exact) mass is 464 g/mol. The number of ether oxygens (including phenoxy) is 2. The summed E-state index contributed by atoms with van der Waals surface area (Å²) in [5.74, 6) is -2.04. The van der Waals surface area contributed by atoms with Crippen LogP contribution in [0.5, 0.6) is 0 Å². The first-order valence-corrected chi connectivity index (χ1v) is 10.6. The number of aromatic nitrogens is 2. The quantitative estimate of drug-likeness (QED) is 0.467. The van der Waals surface area contributed by atoms with E-state index in [4.69, 9.17) is 9.47 Å². The zero-order valence-electron chi connectivity index (χ0n) is 18.6. The van der Waals surface area contributed by atoms with E-state index in [1.807, 2.05) is 48.5 Å². The van der Waals surface area contributed by atoms with Crippen LogP contribution < -0.4 is 10.6 Å². The van der Waals surface area contributed by atoms with Gasteiger partial charge in [-0.1, -0.05) is 48.5 Å². The van der Waals surface area contributed by atoms with Gasteiger partial charge in [0.15, 0.2) is 0 Å². The van der Waals surface area contributed by atoms with Crippen LogP contribution in [0.4, 0.5) is 10.6 Å². The van der Waals surface area contributed by atoms with Crippen LogP contribution in [0.1, 0.15) is 27.4 Å². The van der Waals surface area contributed by atoms with Crippen molar-refractivity contribution >= 4 is 23.8 Å². The minimum atomic E-state index is -1.24. The van der Waals surface area contributed by atoms with Crippen molar-refractivity contribution in [1.82, 2.24) is 15.1 Å². The molecule has 0 fully saturated rings. The van der Waals surface area contributed by atoms with E-state index in [-0.39, 0.29) is 30.5 Å². The Morgan fingerprint density at radius 1 is 1.09 bits per heavy atom. The fourth-order valence-electron chi connectivity index (χ4n) is 4.08. The van der Waals surface area contributed by atoms with Crippen molar-refractivity contribution in [1.29, 1.82) is 0 Å². The Kier molecular flexibility index (Phi) is 6.60. The van der Waals surface area contributed by atoms with Gasteiger partial charge in [-0.3, -0.25) is 9.48 Å². The molecule has 3 aromatic rings. The molecule has 1 heterocycles. The second-order valence-electron chi connectivity index (χ2n) is 7.80. The van der Waals surface area contributed by atoms with E-state index in [9.17, 15) is 19.5 Å². The number of anilines is 1. The molecule has 3 N–H and O–H groups in total. The van der Waals surface area contributed by atoms with Crippen molar-refractivity contribution in [2.24, 2.45) is 7.05 Å². The summed E-state index contributed by atoms with van der Waals surface area (Å²) >= 11 is 0. The third kappa shape index (κ3) is 4.48. The fraction of sp³-hybridized carbons (Fsp3) is 0.250. The lowest BCUT2D eigenvalue weighted by Crippen LogP contribution is -2.47. The van der Waals surface area contributed by atoms with Crippen molar-refractivity contribution in [2.45, 2.75) is 12.0 Å². The molecule has 1 aliphatic carbocycles. The van der Waals surface area contributed by atoms with E-state index in [1.165, 1.54) is 18.8 Å². The second-order valence-corrected chi connectivity index (χ2v) is 7.80. The maximum Gasteiger partial charge on any atom is 0.407 e. The van der Waals surface area contributed by atoms with Crippen molar-refractivity contribution in [3.63, 3.8) is 0 Å². The van der Waals surface area contributed by atoms with Crippen LogP contribution in [0.2, 0.25) is 0 Å². The number of carbonyl (C=O) groups is 3. The summed E-state index contributed by atoms with van der Waals surface area (Å²) in [6.45, 7) is -0.0532. The van der Waals surface area contributed by atoms with Gasteiger partial charge in [0.2, 0.25) is 0 Å². The molecule has 0 aliphatic heterocycles. The lowest BCUT2D eigenvalue weighted by molar-refractivity contribution is -0.119. The van der Waals surface area contributed by atoms with E-state index >= 15 is 0 Å². The Morgan fingerprint density at radius 3 is 2.29 bits per heavy atom. The average molecular weight is 464 g/mol. The molecule has 4 rings (SSSR count). The number of hydrogen-bond donors (Lipinski definition) is 3. The molecule has 0 radical (unpaired) electrons. The number of rotatable bonds is 8. The number of carboxylic acid groups (broad SMARTS) is 1. The first kappa shape index (κ1) is 23.0. The van der Waals surface area contributed by atoms with Crippen LogP contribution in [-0.4, -0.2) is 59.2 Å². The molecule has 1 unspecified atom stereocenters. The van der Waals surface area contributed by atoms with Gasteiger partial charge in [0, 0.05) is 20.1 Å². The molecule has 0 spiro atoms. The van der Waals surface area contributed by atoms with Gasteiger partial charge in [-0.25, -0.2) is 9.59 Å². The van der Waals surface area contributed by atoms with Gasteiger partial charge in [-0.2, -0.15) is 5.10 Å². The summed E-state index contributed by atoms with van der Waals surface area (Å²) in [6, 6.07) is 14.8. The molecule has 10 nitrogen and oxygen atoms in total. The summed E-state index contributed by atoms with van der Waals surface area (Å²) in [4.78, 5) is 36.7. The summed E-state index contributed by atoms with van der Waals surface area (Å²) in [5.41, 5.74) is 4.18. The molecule has 2 amide bonds. The lowest BCUT2D eigenvalue weighted by atomic mass is 9.98. The minimum absolute atomic E-state index is 0.00654. The largest absolute Gasteiger partial charge is 0.477 e. The van der Waals surface area contributed by atoms with E-state index in [2.05, 4.69) is 15.7 Å². The van der Waals surface area contributed by atoms with E-state index in [1.54, 1.807) is 0 Å². The maximum absolute atomic E-state index is 12.8. The van der Waals surface area contributed by atoms with Gasteiger partial charge in [0.1, 0.15) is 24.0 Å². The minimum Gasteiger partial charge on any atom is -0.477 e. The van der Waals surface area contributed by atoms with Gasteiger partial charge < -0.3 is 25.2 Å². The van der Waals surface area contributed by atoms with Gasteiger partial charge in [-0.15, -0.1) is 0 Å². The Balaban J connectivity index is 1.43. The molecule has 0 saturated heterocycles. The first-order chi connectivity index (χ1) is 16.4. The highest BCUT2D eigenvalue weighted by Gasteiger charge is 2.30. The molecule has 1 atom stereocenters. The summed E-state index contributed by atoms with van der Waals surface area (Å²) in [6.07, 6.45) is 0.338. The first-order valence-electron chi connectivity index (χ1n) is 10.6. The molecule has 10 heteroatoms. The normalized spacial score (nSPS) is 13.0. The number of alkyl carbamates (subject to hydrolysis) is 1. The molecule has 2 aromatic carbocycles. The Morgan fingerprint density at radius 2 is 1.71 bits per heavy atom. The highest BCUT2D eigenvalue weighted by Crippen LogP contribution is 2.44. The Hall–Kier alpha value is -4.18. The van der Waals surface area contributed by atoms with Crippen molar-refractivity contribution < 1.29 is 29.0 Å². The second kappa shape index (κ2) is 9.75. The molecule has 1 aromatic heterocycles. The number of aromatic carboxylic acids is 1. The van der Waals surface area contributed by atoms with Gasteiger partial charge in [-0.05, 0) is 22.3 Å². The highest BCUT2D eigenvalue weighted by atomic mass is 16.5. The van der Waals surface area contributed by atoms with Gasteiger partial charge in [0.25, 0.3) is 5.91 Å². The number of hydrogen-bond acceptors (Lipinski definition) is 6. The molecule has 34 heavy (non-hydrogen) atoms. The van der Waals surface area contributed by atoms with E-state index in [0.717, 1.165) is 28.5 Å². The topological polar surface area (TPSA) is 132 Å². The third-order valence-electron chi connectivity index (χ3n) is 5.70. The number of nitrogens with one attached hydrogen (secondary N) is 2. The number of aryl methyl sites for hydroxylation is 1. The van der Waals surface area contributed by atoms with Crippen LogP contribution in [0.15, 0.2) is 54.7 Å². The van der Waals surface area contributed by atoms with Crippen LogP contribution in [0.3, 0.4) is 0 Å². The maximum atomic E-state index is 12.8. The Bertz CT molecular complexity index is 1190. The third-order valence-corrected chi connectivity index (χ3v) is 5.70. The number of fused-ring (bicyclic) bond motifs is 3. The predicted molar refractivity (Wildman–Crippen MR) is 123 cm³/mol. The summed E-state index contributed by atoms with van der Waals surface area (Å²) in [7, 11) is 2.87. The van der Waals surface area contributed by atoms with Crippen molar-refractivity contribution in [3.05, 3.63) is 71.4 Å². The van der Waals surface area contributed by atoms with E-state index < -0.39 is 24.0 Å². The van der Waals surface area contributed by atoms with Gasteiger partial charge in [0.05, 0.1) is 12.8 Å². The standard InChI is InChI=1S/C24H24N4O6/c1-28-21(18(11-25-28)23(30)31)27-22(29)20(13-33-2)26-24(32)34-12-19-16-9-5-3-7-14(16)15-8-4-6-10-17(15)19/h3-11,19-20H,12-13H2,1-2H3,(H,26,32)(H,27,29)(H,30,31). The average Bonchev–Trinajstić information content (AvgIpc) is 3.35. The predicted octanol–water partition coefficient (Wildman–Crippen LogP) is 2.61. The van der Waals surface area contributed by atoms with Crippen molar-refractivity contribution in [3.8, 4) is 11.1 Å². The van der Waals surface area contributed by atoms with Crippen LogP contribution in [0, 0.1) is 0 Å². The number of carbonyl (C=O) groups excluding carboxylic acids is 2. The zero-order chi connectivity index (χ0) is 24.2. The fourth-order valence-corrected chi connectivity index (χ4v) is 4.08. The molecule has 0 bridgehead atoms. The summed E-state index contributed by atoms with van der Waals surface area (Å²) < 4.78 is 11.8. The van der Waals surface area contributed by atoms with Gasteiger partial charge >= 0.3 is 12.1 Å². The highest BCUT2D eigenvalue weighted by molar-refractivity contribution is 6.01. The number of methoxy groups -OCH3 is 1. The zero-order valence-corrected chi connectivity index (χ0v) is 18.6. The number of carboxylic acids is 1. The SMILES string of the molecule is COCC(NC(=O)OCC1c2ccccc2-c2ccccc21)C(=O)Nc1c(C(=O)O)cnn1C. The number of nitrogens with zero attached hydrogens (tertiary/aromatic N) is 2. The lowest BCUT2D eigenvalue weighted by Gasteiger charge is -2.19. The van der Waals surface area contributed by atoms with Crippen molar-refractivity contribution in [2.75, 3.05) is 25.6 Å². The summed E-state index contributed by atoms with van der Waals surface area (Å²) in [5, 5.41) is 18.1. The molecular formula is C24H24N4O6.